The standard InChI is InChI=1S/C23H26N2O/c26-23-24(21-8-4-5-9-22(21)25(23)20-14-15-20)16-17-10-12-19(13-11-17)18-6-2-1-3-7-18/h4-5,8-13,18,20H,1-3,6-7,14-16H2. The number of rotatable bonds is 4. The summed E-state index contributed by atoms with van der Waals surface area (Å²) in [5, 5.41) is 0. The first-order valence-corrected chi connectivity index (χ1v) is 10.1. The van der Waals surface area contributed by atoms with Crippen molar-refractivity contribution in [3.05, 3.63) is 70.1 Å². The maximum absolute atomic E-state index is 13.0. The zero-order valence-corrected chi connectivity index (χ0v) is 15.2. The number of hydrogen-bond acceptors (Lipinski definition) is 1. The van der Waals surface area contributed by atoms with Gasteiger partial charge in [-0.05, 0) is 54.9 Å². The summed E-state index contributed by atoms with van der Waals surface area (Å²) in [6, 6.07) is 17.6. The van der Waals surface area contributed by atoms with E-state index in [9.17, 15) is 4.79 Å². The van der Waals surface area contributed by atoms with E-state index >= 15 is 0 Å². The lowest BCUT2D eigenvalue weighted by Crippen LogP contribution is -2.24. The fourth-order valence-corrected chi connectivity index (χ4v) is 4.58. The van der Waals surface area contributed by atoms with Crippen molar-refractivity contribution in [2.45, 2.75) is 63.5 Å². The van der Waals surface area contributed by atoms with Crippen LogP contribution in [0.5, 0.6) is 0 Å². The molecule has 3 nitrogen and oxygen atoms in total. The van der Waals surface area contributed by atoms with Gasteiger partial charge in [-0.3, -0.25) is 9.13 Å². The van der Waals surface area contributed by atoms with Crippen molar-refractivity contribution in [2.75, 3.05) is 0 Å². The van der Waals surface area contributed by atoms with Crippen LogP contribution >= 0.6 is 0 Å². The molecule has 1 aromatic heterocycles. The molecule has 2 aromatic carbocycles. The zero-order valence-electron chi connectivity index (χ0n) is 15.2. The summed E-state index contributed by atoms with van der Waals surface area (Å²) in [6.45, 7) is 0.657. The summed E-state index contributed by atoms with van der Waals surface area (Å²) in [4.78, 5) is 13.0. The second-order valence-corrected chi connectivity index (χ2v) is 8.04. The molecule has 0 bridgehead atoms. The summed E-state index contributed by atoms with van der Waals surface area (Å²) in [5.41, 5.74) is 4.97. The van der Waals surface area contributed by atoms with Gasteiger partial charge in [-0.1, -0.05) is 55.7 Å². The molecule has 0 radical (unpaired) electrons. The third kappa shape index (κ3) is 2.80. The van der Waals surface area contributed by atoms with Gasteiger partial charge >= 0.3 is 5.69 Å². The highest BCUT2D eigenvalue weighted by Gasteiger charge is 2.28. The molecule has 2 aliphatic carbocycles. The quantitative estimate of drug-likeness (QED) is 0.635. The highest BCUT2D eigenvalue weighted by Crippen LogP contribution is 2.36. The molecule has 0 amide bonds. The van der Waals surface area contributed by atoms with Crippen molar-refractivity contribution in [1.29, 1.82) is 0 Å². The van der Waals surface area contributed by atoms with Crippen LogP contribution in [0.2, 0.25) is 0 Å². The lowest BCUT2D eigenvalue weighted by Gasteiger charge is -2.22. The van der Waals surface area contributed by atoms with Gasteiger partial charge in [0, 0.05) is 6.04 Å². The van der Waals surface area contributed by atoms with Crippen LogP contribution in [0.25, 0.3) is 11.0 Å². The molecule has 134 valence electrons. The summed E-state index contributed by atoms with van der Waals surface area (Å²) in [7, 11) is 0. The van der Waals surface area contributed by atoms with E-state index in [-0.39, 0.29) is 5.69 Å². The van der Waals surface area contributed by atoms with E-state index in [1.807, 2.05) is 21.3 Å². The van der Waals surface area contributed by atoms with Gasteiger partial charge in [0.1, 0.15) is 0 Å². The van der Waals surface area contributed by atoms with Gasteiger partial charge in [0.25, 0.3) is 0 Å². The van der Waals surface area contributed by atoms with E-state index in [0.29, 0.717) is 12.6 Å². The van der Waals surface area contributed by atoms with Gasteiger partial charge in [-0.15, -0.1) is 0 Å². The minimum absolute atomic E-state index is 0.144. The van der Waals surface area contributed by atoms with Crippen LogP contribution in [-0.4, -0.2) is 9.13 Å². The van der Waals surface area contributed by atoms with Crippen LogP contribution in [0.15, 0.2) is 53.3 Å². The first kappa shape index (κ1) is 15.9. The van der Waals surface area contributed by atoms with Crippen LogP contribution in [-0.2, 0) is 6.54 Å². The molecule has 1 heterocycles. The molecule has 5 rings (SSSR count). The van der Waals surface area contributed by atoms with Gasteiger partial charge in [-0.2, -0.15) is 0 Å². The van der Waals surface area contributed by atoms with Crippen molar-refractivity contribution in [2.24, 2.45) is 0 Å². The number of nitrogens with zero attached hydrogens (tertiary/aromatic N) is 2. The average molecular weight is 346 g/mol. The Balaban J connectivity index is 1.46. The number of hydrogen-bond donors (Lipinski definition) is 0. The Morgan fingerprint density at radius 2 is 1.50 bits per heavy atom. The third-order valence-corrected chi connectivity index (χ3v) is 6.18. The fourth-order valence-electron chi connectivity index (χ4n) is 4.58. The van der Waals surface area contributed by atoms with Crippen molar-refractivity contribution in [3.8, 4) is 0 Å². The first-order chi connectivity index (χ1) is 12.8. The molecule has 2 saturated carbocycles. The highest BCUT2D eigenvalue weighted by molar-refractivity contribution is 5.76. The van der Waals surface area contributed by atoms with Gasteiger partial charge in [0.15, 0.2) is 0 Å². The topological polar surface area (TPSA) is 26.9 Å². The van der Waals surface area contributed by atoms with E-state index in [1.165, 1.54) is 43.2 Å². The molecule has 0 saturated heterocycles. The molecule has 3 aromatic rings. The van der Waals surface area contributed by atoms with Crippen molar-refractivity contribution in [3.63, 3.8) is 0 Å². The maximum atomic E-state index is 13.0. The fraction of sp³-hybridized carbons (Fsp3) is 0.435. The Morgan fingerprint density at radius 1 is 0.808 bits per heavy atom. The molecule has 0 spiro atoms. The molecule has 2 aliphatic rings. The third-order valence-electron chi connectivity index (χ3n) is 6.18. The Labute approximate surface area is 154 Å². The summed E-state index contributed by atoms with van der Waals surface area (Å²) < 4.78 is 3.95. The van der Waals surface area contributed by atoms with Crippen LogP contribution in [0.4, 0.5) is 0 Å². The van der Waals surface area contributed by atoms with Crippen molar-refractivity contribution < 1.29 is 0 Å². The number of fused-ring (bicyclic) bond motifs is 1. The predicted molar refractivity (Wildman–Crippen MR) is 106 cm³/mol. The van der Waals surface area contributed by atoms with Gasteiger partial charge < -0.3 is 0 Å². The molecule has 3 heteroatoms. The highest BCUT2D eigenvalue weighted by atomic mass is 16.1. The van der Waals surface area contributed by atoms with Crippen LogP contribution in [0.1, 0.15) is 68.0 Å². The smallest absolute Gasteiger partial charge is 0.289 e. The molecule has 0 atom stereocenters. The van der Waals surface area contributed by atoms with E-state index in [2.05, 4.69) is 36.4 Å². The lowest BCUT2D eigenvalue weighted by atomic mass is 9.84. The van der Waals surface area contributed by atoms with Crippen LogP contribution in [0.3, 0.4) is 0 Å². The van der Waals surface area contributed by atoms with Gasteiger partial charge in [0.2, 0.25) is 0 Å². The van der Waals surface area contributed by atoms with Crippen molar-refractivity contribution >= 4 is 11.0 Å². The van der Waals surface area contributed by atoms with Crippen LogP contribution in [0, 0.1) is 0 Å². The first-order valence-electron chi connectivity index (χ1n) is 10.1. The molecule has 0 unspecified atom stereocenters. The molecular formula is C23H26N2O. The summed E-state index contributed by atoms with van der Waals surface area (Å²) >= 11 is 0. The average Bonchev–Trinajstić information content (AvgIpc) is 3.49. The Hall–Kier alpha value is -2.29. The van der Waals surface area contributed by atoms with Gasteiger partial charge in [-0.25, -0.2) is 4.79 Å². The SMILES string of the molecule is O=c1n(Cc2ccc(C3CCCCC3)cc2)c2ccccc2n1C1CC1. The van der Waals surface area contributed by atoms with Crippen molar-refractivity contribution in [1.82, 2.24) is 9.13 Å². The molecule has 26 heavy (non-hydrogen) atoms. The molecule has 0 N–H and O–H groups in total. The number of para-hydroxylation sites is 2. The monoisotopic (exact) mass is 346 g/mol. The Morgan fingerprint density at radius 3 is 2.19 bits per heavy atom. The normalized spacial score (nSPS) is 18.5. The minimum Gasteiger partial charge on any atom is -0.289 e. The van der Waals surface area contributed by atoms with E-state index < -0.39 is 0 Å². The maximum Gasteiger partial charge on any atom is 0.329 e. The second-order valence-electron chi connectivity index (χ2n) is 8.04. The lowest BCUT2D eigenvalue weighted by molar-refractivity contribution is 0.443. The minimum atomic E-state index is 0.144. The largest absolute Gasteiger partial charge is 0.329 e. The predicted octanol–water partition coefficient (Wildman–Crippen LogP) is 5.23. The number of aromatic nitrogens is 2. The zero-order chi connectivity index (χ0) is 17.5. The molecule has 2 fully saturated rings. The summed E-state index contributed by atoms with van der Waals surface area (Å²) in [5.74, 6) is 0.734. The second kappa shape index (κ2) is 6.46. The van der Waals surface area contributed by atoms with Crippen LogP contribution < -0.4 is 5.69 Å². The number of benzene rings is 2. The molecular weight excluding hydrogens is 320 g/mol. The van der Waals surface area contributed by atoms with E-state index in [1.54, 1.807) is 0 Å². The van der Waals surface area contributed by atoms with E-state index in [0.717, 1.165) is 29.8 Å². The van der Waals surface area contributed by atoms with Gasteiger partial charge in [0.05, 0.1) is 17.6 Å². The number of imidazole rings is 1. The molecule has 0 aliphatic heterocycles. The van der Waals surface area contributed by atoms with E-state index in [4.69, 9.17) is 0 Å². The Bertz CT molecular complexity index is 970. The Kier molecular flexibility index (Phi) is 3.96. The summed E-state index contributed by atoms with van der Waals surface area (Å²) in [6.07, 6.45) is 9.03.